The van der Waals surface area contributed by atoms with Crippen molar-refractivity contribution in [3.63, 3.8) is 0 Å². The van der Waals surface area contributed by atoms with Crippen molar-refractivity contribution in [3.8, 4) is 5.75 Å². The molecule has 0 aliphatic heterocycles. The molecule has 1 unspecified atom stereocenters. The monoisotopic (exact) mass is 498 g/mol. The zero-order valence-corrected chi connectivity index (χ0v) is 19.2. The van der Waals surface area contributed by atoms with E-state index in [1.165, 1.54) is 13.2 Å². The number of methoxy groups -OCH3 is 1. The average Bonchev–Trinajstić information content (AvgIpc) is 3.37. The lowest BCUT2D eigenvalue weighted by molar-refractivity contribution is -0.156. The summed E-state index contributed by atoms with van der Waals surface area (Å²) < 4.78 is 55.1. The molecule has 0 fully saturated rings. The van der Waals surface area contributed by atoms with Crippen molar-refractivity contribution < 1.29 is 27.2 Å². The van der Waals surface area contributed by atoms with Gasteiger partial charge in [0.1, 0.15) is 23.7 Å². The van der Waals surface area contributed by atoms with Crippen molar-refractivity contribution in [1.29, 1.82) is 0 Å². The second-order valence-electron chi connectivity index (χ2n) is 7.90. The van der Waals surface area contributed by atoms with Gasteiger partial charge in [0.25, 0.3) is 11.5 Å². The Morgan fingerprint density at radius 2 is 1.64 bits per heavy atom. The maximum absolute atomic E-state index is 14.9. The lowest BCUT2D eigenvalue weighted by Crippen LogP contribution is -2.36. The summed E-state index contributed by atoms with van der Waals surface area (Å²) >= 11 is 0. The minimum atomic E-state index is -4.84. The third-order valence-corrected chi connectivity index (χ3v) is 5.67. The van der Waals surface area contributed by atoms with Gasteiger partial charge in [0.2, 0.25) is 5.75 Å². The predicted molar refractivity (Wildman–Crippen MR) is 124 cm³/mol. The second-order valence-corrected chi connectivity index (χ2v) is 7.90. The number of halogens is 3. The van der Waals surface area contributed by atoms with Crippen molar-refractivity contribution in [2.24, 2.45) is 7.05 Å². The Hall–Kier alpha value is -4.41. The van der Waals surface area contributed by atoms with Crippen LogP contribution < -0.4 is 15.6 Å². The highest BCUT2D eigenvalue weighted by atomic mass is 19.4. The Bertz CT molecular complexity index is 1350. The fourth-order valence-corrected chi connectivity index (χ4v) is 4.05. The molecule has 0 aliphatic rings. The van der Waals surface area contributed by atoms with Gasteiger partial charge in [0, 0.05) is 13.0 Å². The van der Waals surface area contributed by atoms with Gasteiger partial charge in [-0.3, -0.25) is 14.2 Å². The van der Waals surface area contributed by atoms with Crippen molar-refractivity contribution in [1.82, 2.24) is 14.7 Å². The van der Waals surface area contributed by atoms with Crippen LogP contribution in [-0.2, 0) is 7.05 Å². The third-order valence-electron chi connectivity index (χ3n) is 5.67. The van der Waals surface area contributed by atoms with Gasteiger partial charge < -0.3 is 14.6 Å². The molecule has 2 aromatic carbocycles. The molecular formula is C25H21F3N4O4. The number of carbonyl (C=O) groups is 1. The summed E-state index contributed by atoms with van der Waals surface area (Å²) in [6.45, 7) is 0. The number of amides is 1. The summed E-state index contributed by atoms with van der Waals surface area (Å²) in [7, 11) is 2.30. The van der Waals surface area contributed by atoms with Crippen molar-refractivity contribution >= 4 is 11.6 Å². The van der Waals surface area contributed by atoms with Gasteiger partial charge in [-0.25, -0.2) is 4.98 Å². The SMILES string of the molecule is COc1c(C(=O)Nc2cnoc2)nc(C(C(c2ccccc2)c2ccccc2)C(F)(F)F)n(C)c1=O. The molecule has 0 aliphatic carbocycles. The fourth-order valence-electron chi connectivity index (χ4n) is 4.05. The van der Waals surface area contributed by atoms with E-state index in [-0.39, 0.29) is 5.69 Å². The molecule has 1 atom stereocenters. The largest absolute Gasteiger partial charge is 0.489 e. The van der Waals surface area contributed by atoms with Gasteiger partial charge >= 0.3 is 6.18 Å². The number of alkyl halides is 3. The van der Waals surface area contributed by atoms with Crippen molar-refractivity contribution in [2.75, 3.05) is 12.4 Å². The summed E-state index contributed by atoms with van der Waals surface area (Å²) in [5.41, 5.74) is -0.666. The lowest BCUT2D eigenvalue weighted by atomic mass is 9.79. The summed E-state index contributed by atoms with van der Waals surface area (Å²) in [5.74, 6) is -5.61. The Morgan fingerprint density at radius 1 is 1.06 bits per heavy atom. The molecule has 4 rings (SSSR count). The van der Waals surface area contributed by atoms with Crippen LogP contribution in [0, 0.1) is 0 Å². The van der Waals surface area contributed by atoms with Gasteiger partial charge in [-0.15, -0.1) is 0 Å². The van der Waals surface area contributed by atoms with Crippen LogP contribution in [-0.4, -0.2) is 33.9 Å². The van der Waals surface area contributed by atoms with E-state index in [1.807, 2.05) is 0 Å². The number of ether oxygens (including phenoxy) is 1. The Morgan fingerprint density at radius 3 is 2.11 bits per heavy atom. The Labute approximate surface area is 203 Å². The predicted octanol–water partition coefficient (Wildman–Crippen LogP) is 4.51. The molecule has 1 amide bonds. The van der Waals surface area contributed by atoms with Gasteiger partial charge in [-0.2, -0.15) is 13.2 Å². The number of carbonyl (C=O) groups excluding carboxylic acids is 1. The summed E-state index contributed by atoms with van der Waals surface area (Å²) in [4.78, 5) is 30.1. The van der Waals surface area contributed by atoms with Crippen LogP contribution in [0.1, 0.15) is 39.3 Å². The number of benzene rings is 2. The van der Waals surface area contributed by atoms with Crippen LogP contribution in [0.15, 0.2) is 82.4 Å². The van der Waals surface area contributed by atoms with Crippen molar-refractivity contribution in [2.45, 2.75) is 18.0 Å². The van der Waals surface area contributed by atoms with Crippen LogP contribution in [0.25, 0.3) is 0 Å². The molecule has 186 valence electrons. The van der Waals surface area contributed by atoms with Crippen LogP contribution in [0.5, 0.6) is 5.75 Å². The van der Waals surface area contributed by atoms with Crippen LogP contribution in [0.3, 0.4) is 0 Å². The van der Waals surface area contributed by atoms with Crippen LogP contribution in [0.4, 0.5) is 18.9 Å². The zero-order valence-electron chi connectivity index (χ0n) is 19.2. The molecule has 36 heavy (non-hydrogen) atoms. The first-order chi connectivity index (χ1) is 17.2. The lowest BCUT2D eigenvalue weighted by Gasteiger charge is -2.31. The van der Waals surface area contributed by atoms with Crippen LogP contribution in [0.2, 0.25) is 0 Å². The molecule has 0 saturated heterocycles. The molecule has 1 N–H and O–H groups in total. The van der Waals surface area contributed by atoms with E-state index < -0.39 is 46.7 Å². The van der Waals surface area contributed by atoms with E-state index in [0.717, 1.165) is 17.9 Å². The number of hydrogen-bond acceptors (Lipinski definition) is 6. The van der Waals surface area contributed by atoms with Gasteiger partial charge in [0.15, 0.2) is 5.69 Å². The van der Waals surface area contributed by atoms with Gasteiger partial charge in [-0.1, -0.05) is 65.8 Å². The smallest absolute Gasteiger partial charge is 0.399 e. The minimum Gasteiger partial charge on any atom is -0.489 e. The summed E-state index contributed by atoms with van der Waals surface area (Å²) in [6, 6.07) is 16.3. The number of aromatic nitrogens is 3. The van der Waals surface area contributed by atoms with E-state index in [9.17, 15) is 22.8 Å². The Balaban J connectivity index is 1.95. The quantitative estimate of drug-likeness (QED) is 0.403. The maximum Gasteiger partial charge on any atom is 0.399 e. The molecular weight excluding hydrogens is 477 g/mol. The van der Waals surface area contributed by atoms with E-state index in [4.69, 9.17) is 4.74 Å². The zero-order chi connectivity index (χ0) is 25.9. The molecule has 2 aromatic heterocycles. The first kappa shape index (κ1) is 24.7. The third kappa shape index (κ3) is 4.85. The summed E-state index contributed by atoms with van der Waals surface area (Å²) in [6.07, 6.45) is -2.54. The highest BCUT2D eigenvalue weighted by Crippen LogP contribution is 2.47. The number of hydrogen-bond donors (Lipinski definition) is 1. The van der Waals surface area contributed by atoms with E-state index in [1.54, 1.807) is 60.7 Å². The standard InChI is InChI=1S/C25H21F3N4O4/c1-32-22(31-20(21(35-2)24(32)34)23(33)30-17-13-29-36-14-17)19(25(26,27)28)18(15-9-5-3-6-10-15)16-11-7-4-8-12-16/h3-14,18-19H,1-2H3,(H,30,33). The number of anilines is 1. The number of nitrogens with one attached hydrogen (secondary N) is 1. The number of rotatable bonds is 7. The van der Waals surface area contributed by atoms with Crippen LogP contribution >= 0.6 is 0 Å². The molecule has 0 radical (unpaired) electrons. The summed E-state index contributed by atoms with van der Waals surface area (Å²) in [5, 5.41) is 5.85. The topological polar surface area (TPSA) is 99.2 Å². The molecule has 11 heteroatoms. The molecule has 8 nitrogen and oxygen atoms in total. The molecule has 4 aromatic rings. The minimum absolute atomic E-state index is 0.130. The van der Waals surface area contributed by atoms with Crippen molar-refractivity contribution in [3.05, 3.63) is 106 Å². The molecule has 2 heterocycles. The average molecular weight is 498 g/mol. The molecule has 0 saturated carbocycles. The normalized spacial score (nSPS) is 12.4. The highest BCUT2D eigenvalue weighted by Gasteiger charge is 2.49. The van der Waals surface area contributed by atoms with Gasteiger partial charge in [-0.05, 0) is 11.1 Å². The second kappa shape index (κ2) is 10.1. The number of nitrogens with zero attached hydrogens (tertiary/aromatic N) is 3. The highest BCUT2D eigenvalue weighted by molar-refractivity contribution is 6.04. The van der Waals surface area contributed by atoms with E-state index in [0.29, 0.717) is 11.1 Å². The van der Waals surface area contributed by atoms with E-state index in [2.05, 4.69) is 20.0 Å². The maximum atomic E-state index is 14.9. The van der Waals surface area contributed by atoms with E-state index >= 15 is 0 Å². The molecule has 0 spiro atoms. The van der Waals surface area contributed by atoms with Gasteiger partial charge in [0.05, 0.1) is 13.3 Å². The first-order valence-electron chi connectivity index (χ1n) is 10.7. The fraction of sp³-hybridized carbons (Fsp3) is 0.200. The molecule has 0 bridgehead atoms. The Kier molecular flexibility index (Phi) is 6.91. The first-order valence-corrected chi connectivity index (χ1v) is 10.7.